The number of carboxylic acid groups (broad SMARTS) is 1. The Balaban J connectivity index is 2.51. The van der Waals surface area contributed by atoms with E-state index in [-0.39, 0.29) is 18.3 Å². The minimum atomic E-state index is -1.33. The predicted octanol–water partition coefficient (Wildman–Crippen LogP) is -0.0709. The van der Waals surface area contributed by atoms with E-state index < -0.39 is 18.6 Å². The smallest absolute Gasteiger partial charge is 0.451 e. The van der Waals surface area contributed by atoms with Crippen molar-refractivity contribution in [1.29, 1.82) is 0 Å². The number of carbonyl (C=O) groups is 1. The van der Waals surface area contributed by atoms with Crippen molar-refractivity contribution in [3.63, 3.8) is 0 Å². The molecule has 6 nitrogen and oxygen atoms in total. The number of hydrogen-bond acceptors (Lipinski definition) is 5. The van der Waals surface area contributed by atoms with Crippen molar-refractivity contribution in [2.45, 2.75) is 62.8 Å². The van der Waals surface area contributed by atoms with Crippen LogP contribution in [0.15, 0.2) is 0 Å². The SMILES string of the molecule is NC1CCC(C(N)(CCCCB(O)O)C(=O)O)CC1. The molecular weight excluding hydrogens is 247 g/mol. The van der Waals surface area contributed by atoms with Gasteiger partial charge in [0.1, 0.15) is 5.54 Å². The van der Waals surface area contributed by atoms with Crippen LogP contribution in [0.1, 0.15) is 44.9 Å². The van der Waals surface area contributed by atoms with Gasteiger partial charge in [-0.15, -0.1) is 0 Å². The fourth-order valence-corrected chi connectivity index (χ4v) is 2.86. The van der Waals surface area contributed by atoms with Gasteiger partial charge in [-0.05, 0) is 44.3 Å². The van der Waals surface area contributed by atoms with Crippen molar-refractivity contribution < 1.29 is 19.9 Å². The Labute approximate surface area is 114 Å². The van der Waals surface area contributed by atoms with E-state index in [1.165, 1.54) is 0 Å². The Hall–Kier alpha value is -0.625. The first kappa shape index (κ1) is 16.4. The number of aliphatic carboxylic acids is 1. The Kier molecular flexibility index (Phi) is 6.26. The maximum absolute atomic E-state index is 11.5. The predicted molar refractivity (Wildman–Crippen MR) is 73.3 cm³/mol. The van der Waals surface area contributed by atoms with Crippen molar-refractivity contribution in [1.82, 2.24) is 0 Å². The molecule has 0 spiro atoms. The molecule has 0 saturated heterocycles. The lowest BCUT2D eigenvalue weighted by molar-refractivity contribution is -0.146. The fourth-order valence-electron chi connectivity index (χ4n) is 2.86. The van der Waals surface area contributed by atoms with Gasteiger partial charge < -0.3 is 26.6 Å². The minimum absolute atomic E-state index is 0.0381. The normalized spacial score (nSPS) is 26.7. The Morgan fingerprint density at radius 2 is 1.79 bits per heavy atom. The average Bonchev–Trinajstić information content (AvgIpc) is 2.34. The number of hydrogen-bond donors (Lipinski definition) is 5. The van der Waals surface area contributed by atoms with Gasteiger partial charge in [-0.25, -0.2) is 0 Å². The number of carboxylic acids is 1. The molecule has 1 rings (SSSR count). The number of unbranched alkanes of at least 4 members (excludes halogenated alkanes) is 1. The van der Waals surface area contributed by atoms with E-state index in [0.717, 1.165) is 25.7 Å². The minimum Gasteiger partial charge on any atom is -0.480 e. The van der Waals surface area contributed by atoms with E-state index in [1.54, 1.807) is 0 Å². The third-order valence-electron chi connectivity index (χ3n) is 4.20. The number of rotatable bonds is 7. The van der Waals surface area contributed by atoms with E-state index in [9.17, 15) is 9.90 Å². The van der Waals surface area contributed by atoms with Gasteiger partial charge in [-0.1, -0.05) is 12.8 Å². The van der Waals surface area contributed by atoms with Gasteiger partial charge in [0.25, 0.3) is 0 Å². The van der Waals surface area contributed by atoms with Crippen LogP contribution in [0.4, 0.5) is 0 Å². The zero-order chi connectivity index (χ0) is 14.5. The molecule has 0 amide bonds. The van der Waals surface area contributed by atoms with Crippen LogP contribution < -0.4 is 11.5 Å². The maximum atomic E-state index is 11.5. The third kappa shape index (κ3) is 4.76. The van der Waals surface area contributed by atoms with Gasteiger partial charge in [-0.3, -0.25) is 4.79 Å². The van der Waals surface area contributed by atoms with Gasteiger partial charge in [0.15, 0.2) is 0 Å². The first-order chi connectivity index (χ1) is 8.86. The standard InChI is InChI=1S/C12H25BN2O4/c14-10-5-3-9(4-6-10)12(15,11(16)17)7-1-2-8-13(18)19/h9-10,18-19H,1-8,14-15H2,(H,16,17). The fraction of sp³-hybridized carbons (Fsp3) is 0.917. The highest BCUT2D eigenvalue weighted by Crippen LogP contribution is 2.34. The van der Waals surface area contributed by atoms with Crippen LogP contribution in [0.2, 0.25) is 6.32 Å². The van der Waals surface area contributed by atoms with E-state index in [1.807, 2.05) is 0 Å². The highest BCUT2D eigenvalue weighted by molar-refractivity contribution is 6.40. The zero-order valence-electron chi connectivity index (χ0n) is 11.3. The molecule has 0 bridgehead atoms. The Morgan fingerprint density at radius 3 is 2.26 bits per heavy atom. The maximum Gasteiger partial charge on any atom is 0.451 e. The van der Waals surface area contributed by atoms with Crippen molar-refractivity contribution in [3.05, 3.63) is 0 Å². The molecule has 1 aliphatic rings. The van der Waals surface area contributed by atoms with Crippen LogP contribution >= 0.6 is 0 Å². The molecule has 7 heteroatoms. The summed E-state index contributed by atoms with van der Waals surface area (Å²) in [6.45, 7) is 0. The van der Waals surface area contributed by atoms with E-state index in [2.05, 4.69) is 0 Å². The van der Waals surface area contributed by atoms with Gasteiger partial charge in [0.2, 0.25) is 0 Å². The van der Waals surface area contributed by atoms with Crippen LogP contribution in [-0.4, -0.2) is 39.8 Å². The lowest BCUT2D eigenvalue weighted by atomic mass is 9.71. The molecule has 7 N–H and O–H groups in total. The molecule has 1 aliphatic carbocycles. The summed E-state index contributed by atoms with van der Waals surface area (Å²) in [7, 11) is -1.33. The molecule has 0 aromatic heterocycles. The van der Waals surface area contributed by atoms with Crippen LogP contribution in [0.3, 0.4) is 0 Å². The van der Waals surface area contributed by atoms with E-state index in [0.29, 0.717) is 19.3 Å². The average molecular weight is 272 g/mol. The van der Waals surface area contributed by atoms with Crippen molar-refractivity contribution in [2.24, 2.45) is 17.4 Å². The Morgan fingerprint density at radius 1 is 1.21 bits per heavy atom. The topological polar surface area (TPSA) is 130 Å². The summed E-state index contributed by atoms with van der Waals surface area (Å²) < 4.78 is 0. The van der Waals surface area contributed by atoms with Crippen LogP contribution in [0, 0.1) is 5.92 Å². The summed E-state index contributed by atoms with van der Waals surface area (Å²) in [6.07, 6.45) is 4.94. The summed E-state index contributed by atoms with van der Waals surface area (Å²) >= 11 is 0. The first-order valence-corrected chi connectivity index (χ1v) is 7.00. The van der Waals surface area contributed by atoms with Gasteiger partial charge >= 0.3 is 13.1 Å². The van der Waals surface area contributed by atoms with E-state index >= 15 is 0 Å². The lowest BCUT2D eigenvalue weighted by Gasteiger charge is -2.38. The van der Waals surface area contributed by atoms with E-state index in [4.69, 9.17) is 21.5 Å². The second-order valence-corrected chi connectivity index (χ2v) is 5.68. The highest BCUT2D eigenvalue weighted by atomic mass is 16.4. The Bertz CT molecular complexity index is 295. The molecule has 1 unspecified atom stereocenters. The monoisotopic (exact) mass is 272 g/mol. The molecule has 1 saturated carbocycles. The van der Waals surface area contributed by atoms with Crippen LogP contribution in [0.25, 0.3) is 0 Å². The van der Waals surface area contributed by atoms with Gasteiger partial charge in [0, 0.05) is 6.04 Å². The molecule has 0 aromatic carbocycles. The van der Waals surface area contributed by atoms with Crippen LogP contribution in [0.5, 0.6) is 0 Å². The van der Waals surface area contributed by atoms with Crippen molar-refractivity contribution >= 4 is 13.1 Å². The quantitative estimate of drug-likeness (QED) is 0.326. The van der Waals surface area contributed by atoms with Crippen molar-refractivity contribution in [3.8, 4) is 0 Å². The zero-order valence-corrected chi connectivity index (χ0v) is 11.3. The van der Waals surface area contributed by atoms with Crippen molar-refractivity contribution in [2.75, 3.05) is 0 Å². The lowest BCUT2D eigenvalue weighted by Crippen LogP contribution is -2.55. The molecular formula is C12H25BN2O4. The highest BCUT2D eigenvalue weighted by Gasteiger charge is 2.42. The summed E-state index contributed by atoms with van der Waals surface area (Å²) in [6, 6.07) is 0.166. The summed E-state index contributed by atoms with van der Waals surface area (Å²) in [5.74, 6) is -0.999. The van der Waals surface area contributed by atoms with Crippen LogP contribution in [-0.2, 0) is 4.79 Å². The van der Waals surface area contributed by atoms with Gasteiger partial charge in [0.05, 0.1) is 0 Å². The molecule has 0 aliphatic heterocycles. The molecule has 0 radical (unpaired) electrons. The third-order valence-corrected chi connectivity index (χ3v) is 4.20. The summed E-state index contributed by atoms with van der Waals surface area (Å²) in [5.41, 5.74) is 10.7. The molecule has 110 valence electrons. The largest absolute Gasteiger partial charge is 0.480 e. The number of nitrogens with two attached hydrogens (primary N) is 2. The molecule has 1 atom stereocenters. The summed E-state index contributed by atoms with van der Waals surface area (Å²) in [5, 5.41) is 26.9. The molecule has 19 heavy (non-hydrogen) atoms. The second kappa shape index (κ2) is 7.24. The molecule has 0 heterocycles. The molecule has 1 fully saturated rings. The second-order valence-electron chi connectivity index (χ2n) is 5.68. The first-order valence-electron chi connectivity index (χ1n) is 7.00. The van der Waals surface area contributed by atoms with Gasteiger partial charge in [-0.2, -0.15) is 0 Å². The molecule has 0 aromatic rings. The summed E-state index contributed by atoms with van der Waals surface area (Å²) in [4.78, 5) is 11.5.